The number of carbonyl (C=O) groups excluding carboxylic acids is 1. The van der Waals surface area contributed by atoms with E-state index in [1.54, 1.807) is 0 Å². The van der Waals surface area contributed by atoms with Crippen LogP contribution in [0.2, 0.25) is 0 Å². The van der Waals surface area contributed by atoms with Gasteiger partial charge in [-0.3, -0.25) is 4.79 Å². The minimum atomic E-state index is 0.0978. The first-order valence-corrected chi connectivity index (χ1v) is 8.52. The van der Waals surface area contributed by atoms with Crippen LogP contribution in [0.25, 0.3) is 0 Å². The van der Waals surface area contributed by atoms with Crippen LogP contribution in [0.15, 0.2) is 4.52 Å². The molecule has 3 aliphatic rings. The highest BCUT2D eigenvalue weighted by Gasteiger charge is 2.33. The van der Waals surface area contributed by atoms with Crippen LogP contribution in [0.3, 0.4) is 0 Å². The minimum Gasteiger partial charge on any atom is -0.368 e. The molecule has 6 heteroatoms. The van der Waals surface area contributed by atoms with Gasteiger partial charge in [-0.05, 0) is 38.5 Å². The summed E-state index contributed by atoms with van der Waals surface area (Å²) in [7, 11) is 0. The average Bonchev–Trinajstić information content (AvgIpc) is 3.23. The summed E-state index contributed by atoms with van der Waals surface area (Å²) in [6, 6.07) is 0. The zero-order valence-electron chi connectivity index (χ0n) is 12.9. The SMILES string of the molecule is O=C(C1CCC1)N1CCCC(OCc2noc(C3CC3)n2)C1. The highest BCUT2D eigenvalue weighted by molar-refractivity contribution is 5.79. The van der Waals surface area contributed by atoms with Gasteiger partial charge >= 0.3 is 0 Å². The normalized spacial score (nSPS) is 26.0. The molecule has 120 valence electrons. The molecule has 22 heavy (non-hydrogen) atoms. The Morgan fingerprint density at radius 3 is 2.82 bits per heavy atom. The van der Waals surface area contributed by atoms with Gasteiger partial charge < -0.3 is 14.2 Å². The van der Waals surface area contributed by atoms with Crippen LogP contribution >= 0.6 is 0 Å². The Labute approximate surface area is 130 Å². The molecular formula is C16H23N3O3. The number of rotatable bonds is 5. The van der Waals surface area contributed by atoms with Gasteiger partial charge in [-0.15, -0.1) is 0 Å². The smallest absolute Gasteiger partial charge is 0.229 e. The van der Waals surface area contributed by atoms with E-state index in [0.717, 1.165) is 51.0 Å². The fourth-order valence-electron chi connectivity index (χ4n) is 3.20. The maximum Gasteiger partial charge on any atom is 0.229 e. The minimum absolute atomic E-state index is 0.0978. The van der Waals surface area contributed by atoms with Gasteiger partial charge in [-0.2, -0.15) is 4.98 Å². The molecule has 0 spiro atoms. The average molecular weight is 305 g/mol. The van der Waals surface area contributed by atoms with Crippen molar-refractivity contribution in [2.75, 3.05) is 13.1 Å². The highest BCUT2D eigenvalue weighted by Crippen LogP contribution is 2.38. The summed E-state index contributed by atoms with van der Waals surface area (Å²) in [6.45, 7) is 1.97. The largest absolute Gasteiger partial charge is 0.368 e. The van der Waals surface area contributed by atoms with E-state index in [9.17, 15) is 4.79 Å². The van der Waals surface area contributed by atoms with Gasteiger partial charge in [0.15, 0.2) is 5.82 Å². The number of ether oxygens (including phenoxy) is 1. The van der Waals surface area contributed by atoms with Crippen molar-refractivity contribution in [3.63, 3.8) is 0 Å². The quantitative estimate of drug-likeness (QED) is 0.834. The molecule has 2 aliphatic carbocycles. The first-order chi connectivity index (χ1) is 10.8. The van der Waals surface area contributed by atoms with Crippen molar-refractivity contribution >= 4 is 5.91 Å². The van der Waals surface area contributed by atoms with Gasteiger partial charge in [0.25, 0.3) is 0 Å². The molecule has 3 fully saturated rings. The number of aromatic nitrogens is 2. The van der Waals surface area contributed by atoms with Crippen molar-refractivity contribution in [2.45, 2.75) is 63.6 Å². The molecule has 4 rings (SSSR count). The van der Waals surface area contributed by atoms with Crippen LogP contribution in [-0.2, 0) is 16.1 Å². The molecule has 1 atom stereocenters. The lowest BCUT2D eigenvalue weighted by atomic mass is 9.84. The van der Waals surface area contributed by atoms with Crippen LogP contribution in [0.5, 0.6) is 0 Å². The predicted molar refractivity (Wildman–Crippen MR) is 78.0 cm³/mol. The molecule has 1 aromatic rings. The van der Waals surface area contributed by atoms with Crippen molar-refractivity contribution in [3.05, 3.63) is 11.7 Å². The molecule has 1 aromatic heterocycles. The van der Waals surface area contributed by atoms with Crippen LogP contribution < -0.4 is 0 Å². The lowest BCUT2D eigenvalue weighted by Crippen LogP contribution is -2.46. The van der Waals surface area contributed by atoms with Gasteiger partial charge in [0.05, 0.1) is 6.10 Å². The van der Waals surface area contributed by atoms with Gasteiger partial charge in [0, 0.05) is 24.9 Å². The van der Waals surface area contributed by atoms with Crippen LogP contribution in [0.1, 0.15) is 62.6 Å². The number of hydrogen-bond acceptors (Lipinski definition) is 5. The fourth-order valence-corrected chi connectivity index (χ4v) is 3.20. The molecule has 2 heterocycles. The van der Waals surface area contributed by atoms with E-state index in [2.05, 4.69) is 10.1 Å². The second-order valence-electron chi connectivity index (χ2n) is 6.81. The van der Waals surface area contributed by atoms with Crippen molar-refractivity contribution in [1.29, 1.82) is 0 Å². The summed E-state index contributed by atoms with van der Waals surface area (Å²) >= 11 is 0. The van der Waals surface area contributed by atoms with Gasteiger partial charge in [0.1, 0.15) is 6.61 Å². The standard InChI is InChI=1S/C16H23N3O3/c20-16(12-3-1-4-12)19-8-2-5-13(9-19)21-10-14-17-15(22-18-14)11-6-7-11/h11-13H,1-10H2. The van der Waals surface area contributed by atoms with E-state index in [4.69, 9.17) is 9.26 Å². The Bertz CT molecular complexity index is 536. The molecule has 6 nitrogen and oxygen atoms in total. The molecule has 2 saturated carbocycles. The van der Waals surface area contributed by atoms with Crippen molar-refractivity contribution < 1.29 is 14.1 Å². The van der Waals surface area contributed by atoms with Gasteiger partial charge in [0.2, 0.25) is 11.8 Å². The summed E-state index contributed by atoms with van der Waals surface area (Å²) in [4.78, 5) is 18.7. The Kier molecular flexibility index (Phi) is 3.86. The Hall–Kier alpha value is -1.43. The third kappa shape index (κ3) is 3.02. The Morgan fingerprint density at radius 2 is 2.09 bits per heavy atom. The maximum absolute atomic E-state index is 12.3. The summed E-state index contributed by atoms with van der Waals surface area (Å²) in [5.41, 5.74) is 0. The second-order valence-corrected chi connectivity index (χ2v) is 6.81. The van der Waals surface area contributed by atoms with E-state index in [0.29, 0.717) is 30.8 Å². The van der Waals surface area contributed by atoms with Crippen molar-refractivity contribution in [2.24, 2.45) is 5.92 Å². The van der Waals surface area contributed by atoms with Crippen molar-refractivity contribution in [3.8, 4) is 0 Å². The van der Waals surface area contributed by atoms with E-state index in [1.807, 2.05) is 4.90 Å². The Balaban J connectivity index is 1.27. The third-order valence-corrected chi connectivity index (χ3v) is 5.00. The number of hydrogen-bond donors (Lipinski definition) is 0. The topological polar surface area (TPSA) is 68.5 Å². The number of amides is 1. The maximum atomic E-state index is 12.3. The number of piperidine rings is 1. The predicted octanol–water partition coefficient (Wildman–Crippen LogP) is 2.25. The fraction of sp³-hybridized carbons (Fsp3) is 0.812. The first kappa shape index (κ1) is 14.2. The molecule has 0 aromatic carbocycles. The monoisotopic (exact) mass is 305 g/mol. The van der Waals surface area contributed by atoms with Crippen LogP contribution in [-0.4, -0.2) is 40.1 Å². The van der Waals surface area contributed by atoms with E-state index in [1.165, 1.54) is 6.42 Å². The molecular weight excluding hydrogens is 282 g/mol. The lowest BCUT2D eigenvalue weighted by Gasteiger charge is -2.37. The van der Waals surface area contributed by atoms with E-state index >= 15 is 0 Å². The molecule has 0 N–H and O–H groups in total. The van der Waals surface area contributed by atoms with Crippen molar-refractivity contribution in [1.82, 2.24) is 15.0 Å². The summed E-state index contributed by atoms with van der Waals surface area (Å²) < 4.78 is 11.2. The van der Waals surface area contributed by atoms with Gasteiger partial charge in [-0.25, -0.2) is 0 Å². The summed E-state index contributed by atoms with van der Waals surface area (Å²) in [5.74, 6) is 2.46. The lowest BCUT2D eigenvalue weighted by molar-refractivity contribution is -0.142. The number of likely N-dealkylation sites (tertiary alicyclic amines) is 1. The number of carbonyl (C=O) groups is 1. The second kappa shape index (κ2) is 5.99. The first-order valence-electron chi connectivity index (χ1n) is 8.52. The van der Waals surface area contributed by atoms with Crippen LogP contribution in [0.4, 0.5) is 0 Å². The Morgan fingerprint density at radius 1 is 1.23 bits per heavy atom. The molecule has 1 aliphatic heterocycles. The van der Waals surface area contributed by atoms with E-state index < -0.39 is 0 Å². The zero-order valence-corrected chi connectivity index (χ0v) is 12.9. The summed E-state index contributed by atoms with van der Waals surface area (Å²) in [5, 5.41) is 3.97. The third-order valence-electron chi connectivity index (χ3n) is 5.00. The number of nitrogens with zero attached hydrogens (tertiary/aromatic N) is 3. The molecule has 0 bridgehead atoms. The van der Waals surface area contributed by atoms with Gasteiger partial charge in [-0.1, -0.05) is 11.6 Å². The molecule has 1 amide bonds. The molecule has 0 radical (unpaired) electrons. The van der Waals surface area contributed by atoms with Crippen LogP contribution in [0, 0.1) is 5.92 Å². The molecule has 1 saturated heterocycles. The molecule has 1 unspecified atom stereocenters. The van der Waals surface area contributed by atoms with E-state index in [-0.39, 0.29) is 12.0 Å². The summed E-state index contributed by atoms with van der Waals surface area (Å²) in [6.07, 6.45) is 7.75. The highest BCUT2D eigenvalue weighted by atomic mass is 16.5. The zero-order chi connectivity index (χ0) is 14.9.